The van der Waals surface area contributed by atoms with E-state index in [9.17, 15) is 0 Å². The highest BCUT2D eigenvalue weighted by Gasteiger charge is 2.37. The summed E-state index contributed by atoms with van der Waals surface area (Å²) in [6, 6.07) is 59.7. The van der Waals surface area contributed by atoms with Gasteiger partial charge in [0.1, 0.15) is 19.6 Å². The Labute approximate surface area is 317 Å². The number of rotatable bonds is 5. The molecule has 7 aromatic carbocycles. The second-order valence-electron chi connectivity index (χ2n) is 13.7. The first-order valence-corrected chi connectivity index (χ1v) is 22.9. The number of benzene rings is 7. The van der Waals surface area contributed by atoms with Crippen LogP contribution in [0.4, 0.5) is 17.1 Å². The summed E-state index contributed by atoms with van der Waals surface area (Å²) in [7, 11) is -1.94. The molecule has 0 bridgehead atoms. The van der Waals surface area contributed by atoms with Crippen LogP contribution in [0.3, 0.4) is 0 Å². The number of ether oxygens (including phenoxy) is 1. The van der Waals surface area contributed by atoms with Crippen molar-refractivity contribution in [3.63, 3.8) is 0 Å². The molecule has 0 amide bonds. The Hall–Kier alpha value is -4.98. The molecule has 0 spiro atoms. The van der Waals surface area contributed by atoms with Crippen molar-refractivity contribution in [3.05, 3.63) is 164 Å². The predicted octanol–water partition coefficient (Wildman–Crippen LogP) is 13.2. The second kappa shape index (κ2) is 12.6. The van der Waals surface area contributed by atoms with Crippen LogP contribution in [0.15, 0.2) is 183 Å². The van der Waals surface area contributed by atoms with Crippen molar-refractivity contribution < 1.29 is 4.74 Å². The lowest BCUT2D eigenvalue weighted by Gasteiger charge is -2.36. The number of para-hydroxylation sites is 2. The first kappa shape index (κ1) is 31.7. The van der Waals surface area contributed by atoms with E-state index in [1.165, 1.54) is 46.4 Å². The predicted molar refractivity (Wildman–Crippen MR) is 225 cm³/mol. The number of thiophene rings is 1. The number of hydrogen-bond donors (Lipinski definition) is 0. The summed E-state index contributed by atoms with van der Waals surface area (Å²) in [5.74, 6) is 1.83. The summed E-state index contributed by atoms with van der Waals surface area (Å²) in [4.78, 5) is 8.78. The van der Waals surface area contributed by atoms with Gasteiger partial charge in [-0.05, 0) is 93.6 Å². The van der Waals surface area contributed by atoms with Crippen molar-refractivity contribution in [3.8, 4) is 33.1 Å². The molecule has 2 nitrogen and oxygen atoms in total. The largest absolute Gasteiger partial charge is 0.454 e. The molecule has 0 radical (unpaired) electrons. The van der Waals surface area contributed by atoms with Gasteiger partial charge in [0.25, 0.3) is 0 Å². The molecule has 3 heterocycles. The quantitative estimate of drug-likeness (QED) is 0.163. The van der Waals surface area contributed by atoms with E-state index in [0.29, 0.717) is 0 Å². The van der Waals surface area contributed by atoms with E-state index < -0.39 is 8.07 Å². The van der Waals surface area contributed by atoms with Gasteiger partial charge in [0.2, 0.25) is 0 Å². The third kappa shape index (κ3) is 5.32. The summed E-state index contributed by atoms with van der Waals surface area (Å²) >= 11 is 5.55. The molecule has 0 saturated heterocycles. The SMILES string of the molecule is C[Si]1(C)c2ccccc2Sc2c(N(c3ccc(-c4cccc5c4Oc4ccccc4S5)cc3)c3ccc4sc(-c5ccccc5)cc4c3)cccc21. The number of nitrogens with zero attached hydrogens (tertiary/aromatic N) is 1. The average Bonchev–Trinajstić information content (AvgIpc) is 3.62. The van der Waals surface area contributed by atoms with Crippen LogP contribution in [0, 0.1) is 0 Å². The Bertz CT molecular complexity index is 2650. The fourth-order valence-electron chi connectivity index (χ4n) is 7.54. The van der Waals surface area contributed by atoms with Crippen molar-refractivity contribution in [2.45, 2.75) is 32.7 Å². The van der Waals surface area contributed by atoms with Crippen LogP contribution in [-0.4, -0.2) is 8.07 Å². The lowest BCUT2D eigenvalue weighted by atomic mass is 10.0. The van der Waals surface area contributed by atoms with Gasteiger partial charge < -0.3 is 9.64 Å². The molecule has 0 N–H and O–H groups in total. The third-order valence-electron chi connectivity index (χ3n) is 10.2. The first-order chi connectivity index (χ1) is 25.5. The molecule has 1 aromatic heterocycles. The maximum absolute atomic E-state index is 6.54. The van der Waals surface area contributed by atoms with Gasteiger partial charge in [-0.25, -0.2) is 0 Å². The molecule has 0 unspecified atom stereocenters. The van der Waals surface area contributed by atoms with Gasteiger partial charge in [-0.15, -0.1) is 11.3 Å². The molecule has 52 heavy (non-hydrogen) atoms. The minimum atomic E-state index is -1.94. The van der Waals surface area contributed by atoms with E-state index in [4.69, 9.17) is 4.74 Å². The van der Waals surface area contributed by atoms with Crippen molar-refractivity contribution in [1.29, 1.82) is 0 Å². The summed E-state index contributed by atoms with van der Waals surface area (Å²) in [6.07, 6.45) is 0. The fraction of sp³-hybridized carbons (Fsp3) is 0.0435. The fourth-order valence-corrected chi connectivity index (χ4v) is 15.1. The van der Waals surface area contributed by atoms with Gasteiger partial charge in [0.05, 0.1) is 15.5 Å². The summed E-state index contributed by atoms with van der Waals surface area (Å²) in [5.41, 5.74) is 6.98. The summed E-state index contributed by atoms with van der Waals surface area (Å²) in [5, 5.41) is 4.26. The maximum atomic E-state index is 6.54. The number of hydrogen-bond acceptors (Lipinski definition) is 5. The summed E-state index contributed by atoms with van der Waals surface area (Å²) < 4.78 is 7.83. The van der Waals surface area contributed by atoms with Crippen molar-refractivity contribution in [2.24, 2.45) is 0 Å². The summed E-state index contributed by atoms with van der Waals surface area (Å²) in [6.45, 7) is 4.99. The molecule has 10 rings (SSSR count). The number of anilines is 3. The van der Waals surface area contributed by atoms with Crippen LogP contribution in [0.5, 0.6) is 11.5 Å². The standard InChI is InChI=1S/C46H33NOS3Si/c1-52(2)43-20-9-8-18-40(43)51-46-36(15-11-21-44(46)52)47(34-26-27-38-32(28-34)29-42(49-38)31-12-4-3-5-13-31)33-24-22-30(23-25-33)35-14-10-19-41-45(35)48-37-16-6-7-17-39(37)50-41/h3-29H,1-2H3. The van der Waals surface area contributed by atoms with Crippen LogP contribution in [0.1, 0.15) is 0 Å². The lowest BCUT2D eigenvalue weighted by molar-refractivity contribution is 0.456. The van der Waals surface area contributed by atoms with Crippen molar-refractivity contribution in [2.75, 3.05) is 4.90 Å². The molecule has 8 aromatic rings. The lowest BCUT2D eigenvalue weighted by Crippen LogP contribution is -2.56. The van der Waals surface area contributed by atoms with Gasteiger partial charge in [0.15, 0.2) is 0 Å². The van der Waals surface area contributed by atoms with E-state index in [-0.39, 0.29) is 0 Å². The smallest absolute Gasteiger partial charge is 0.149 e. The van der Waals surface area contributed by atoms with E-state index in [1.54, 1.807) is 11.8 Å². The van der Waals surface area contributed by atoms with Crippen LogP contribution < -0.4 is 20.0 Å². The molecule has 2 aliphatic rings. The molecule has 6 heteroatoms. The topological polar surface area (TPSA) is 12.5 Å². The molecule has 2 aliphatic heterocycles. The molecule has 0 atom stereocenters. The van der Waals surface area contributed by atoms with Gasteiger partial charge >= 0.3 is 0 Å². The zero-order valence-corrected chi connectivity index (χ0v) is 32.1. The zero-order chi connectivity index (χ0) is 34.8. The molecule has 250 valence electrons. The first-order valence-electron chi connectivity index (χ1n) is 17.5. The van der Waals surface area contributed by atoms with E-state index in [2.05, 4.69) is 176 Å². The molecular formula is C46H33NOS3Si. The van der Waals surface area contributed by atoms with Crippen LogP contribution in [0.25, 0.3) is 31.7 Å². The Morgan fingerprint density at radius 1 is 0.538 bits per heavy atom. The minimum absolute atomic E-state index is 0.911. The Morgan fingerprint density at radius 3 is 2.12 bits per heavy atom. The van der Waals surface area contributed by atoms with Crippen LogP contribution >= 0.6 is 34.9 Å². The van der Waals surface area contributed by atoms with E-state index in [0.717, 1.165) is 43.8 Å². The molecule has 0 saturated carbocycles. The highest BCUT2D eigenvalue weighted by atomic mass is 32.2. The van der Waals surface area contributed by atoms with E-state index >= 15 is 0 Å². The second-order valence-corrected chi connectivity index (χ2v) is 21.3. The van der Waals surface area contributed by atoms with Gasteiger partial charge in [-0.1, -0.05) is 134 Å². The maximum Gasteiger partial charge on any atom is 0.149 e. The molecular weight excluding hydrogens is 707 g/mol. The monoisotopic (exact) mass is 739 g/mol. The normalized spacial score (nSPS) is 13.7. The van der Waals surface area contributed by atoms with Crippen LogP contribution in [0.2, 0.25) is 13.1 Å². The average molecular weight is 740 g/mol. The highest BCUT2D eigenvalue weighted by molar-refractivity contribution is 8.00. The van der Waals surface area contributed by atoms with E-state index in [1.807, 2.05) is 29.2 Å². The Kier molecular flexibility index (Phi) is 7.69. The minimum Gasteiger partial charge on any atom is -0.454 e. The van der Waals surface area contributed by atoms with Crippen molar-refractivity contribution in [1.82, 2.24) is 0 Å². The zero-order valence-electron chi connectivity index (χ0n) is 28.7. The molecule has 0 aliphatic carbocycles. The number of fused-ring (bicyclic) bond motifs is 5. The molecule has 0 fully saturated rings. The highest BCUT2D eigenvalue weighted by Crippen LogP contribution is 2.51. The van der Waals surface area contributed by atoms with Gasteiger partial charge in [-0.2, -0.15) is 0 Å². The third-order valence-corrected chi connectivity index (χ3v) is 17.6. The van der Waals surface area contributed by atoms with Crippen LogP contribution in [-0.2, 0) is 0 Å². The Morgan fingerprint density at radius 2 is 1.25 bits per heavy atom. The Balaban J connectivity index is 1.11. The van der Waals surface area contributed by atoms with Gasteiger partial charge in [-0.3, -0.25) is 0 Å². The van der Waals surface area contributed by atoms with Gasteiger partial charge in [0, 0.05) is 36.3 Å². The van der Waals surface area contributed by atoms with Crippen molar-refractivity contribution >= 4 is 80.5 Å².